The van der Waals surface area contributed by atoms with E-state index in [0.717, 1.165) is 15.2 Å². The molecule has 1 fully saturated rings. The molecule has 2 aromatic rings. The zero-order valence-electron chi connectivity index (χ0n) is 16.5. The first-order valence-electron chi connectivity index (χ1n) is 9.23. The molecule has 13 heteroatoms. The third-order valence-corrected chi connectivity index (χ3v) is 7.68. The molecule has 1 aromatic heterocycles. The molecule has 7 nitrogen and oxygen atoms in total. The summed E-state index contributed by atoms with van der Waals surface area (Å²) in [5.74, 6) is -0.855. The van der Waals surface area contributed by atoms with E-state index in [-0.39, 0.29) is 41.1 Å². The topological polar surface area (TPSA) is 75.5 Å². The summed E-state index contributed by atoms with van der Waals surface area (Å²) in [6.45, 7) is 2.64. The van der Waals surface area contributed by atoms with Crippen molar-refractivity contribution >= 4 is 39.1 Å². The number of carbonyl (C=O) groups is 1. The molecule has 0 aliphatic carbocycles. The van der Waals surface area contributed by atoms with E-state index in [1.807, 2.05) is 0 Å². The van der Waals surface area contributed by atoms with E-state index in [4.69, 9.17) is 23.2 Å². The minimum Gasteiger partial charge on any atom is -0.336 e. The van der Waals surface area contributed by atoms with Crippen LogP contribution in [0.2, 0.25) is 10.0 Å². The molecule has 31 heavy (non-hydrogen) atoms. The van der Waals surface area contributed by atoms with Crippen LogP contribution in [-0.4, -0.2) is 59.5 Å². The Hall–Kier alpha value is -1.82. The van der Waals surface area contributed by atoms with Crippen molar-refractivity contribution in [2.75, 3.05) is 26.2 Å². The Bertz CT molecular complexity index is 1070. The van der Waals surface area contributed by atoms with Crippen molar-refractivity contribution in [1.82, 2.24) is 19.0 Å². The summed E-state index contributed by atoms with van der Waals surface area (Å²) in [4.78, 5) is 13.7. The van der Waals surface area contributed by atoms with Crippen LogP contribution in [0.5, 0.6) is 0 Å². The molecule has 1 aromatic carbocycles. The van der Waals surface area contributed by atoms with E-state index in [2.05, 4.69) is 5.10 Å². The normalized spacial score (nSPS) is 16.2. The second-order valence-corrected chi connectivity index (χ2v) is 9.88. The fourth-order valence-electron chi connectivity index (χ4n) is 3.35. The summed E-state index contributed by atoms with van der Waals surface area (Å²) in [6.07, 6.45) is -3.87. The third kappa shape index (κ3) is 4.55. The number of rotatable bonds is 4. The minimum atomic E-state index is -4.77. The molecule has 3 rings (SSSR count). The molecule has 0 unspecified atom stereocenters. The number of hydrogen-bond acceptors (Lipinski definition) is 4. The fourth-order valence-corrected chi connectivity index (χ4v) is 5.87. The van der Waals surface area contributed by atoms with E-state index in [1.165, 1.54) is 36.9 Å². The molecule has 0 atom stereocenters. The Labute approximate surface area is 187 Å². The highest BCUT2D eigenvalue weighted by Gasteiger charge is 2.42. The number of aromatic nitrogens is 2. The number of nitrogens with zero attached hydrogens (tertiary/aromatic N) is 4. The van der Waals surface area contributed by atoms with Crippen LogP contribution in [0.25, 0.3) is 0 Å². The highest BCUT2D eigenvalue weighted by atomic mass is 35.5. The van der Waals surface area contributed by atoms with Gasteiger partial charge >= 0.3 is 6.18 Å². The molecule has 1 amide bonds. The standard InChI is InChI=1S/C18H19Cl2F3N4O3S/c1-11(2)27-16(18(21,22)23)12(10-24-27)17(28)25-6-8-26(9-7-25)31(29,30)15-13(19)4-3-5-14(15)20/h3-5,10-11H,6-9H2,1-2H3. The second kappa shape index (κ2) is 8.61. The van der Waals surface area contributed by atoms with Gasteiger partial charge in [0, 0.05) is 32.2 Å². The Morgan fingerprint density at radius 3 is 2.13 bits per heavy atom. The summed E-state index contributed by atoms with van der Waals surface area (Å²) in [5.41, 5.74) is -1.68. The van der Waals surface area contributed by atoms with Crippen LogP contribution in [0.1, 0.15) is 35.9 Å². The molecule has 0 N–H and O–H groups in total. The lowest BCUT2D eigenvalue weighted by Crippen LogP contribution is -2.50. The lowest BCUT2D eigenvalue weighted by Gasteiger charge is -2.34. The first kappa shape index (κ1) is 23.8. The first-order valence-corrected chi connectivity index (χ1v) is 11.4. The van der Waals surface area contributed by atoms with Gasteiger partial charge in [-0.25, -0.2) is 8.42 Å². The van der Waals surface area contributed by atoms with Crippen LogP contribution in [0, 0.1) is 0 Å². The van der Waals surface area contributed by atoms with Gasteiger partial charge in [0.25, 0.3) is 5.91 Å². The van der Waals surface area contributed by atoms with Gasteiger partial charge in [-0.2, -0.15) is 22.6 Å². The number of halogens is 5. The van der Waals surface area contributed by atoms with Gasteiger partial charge in [0.1, 0.15) is 4.90 Å². The van der Waals surface area contributed by atoms with Crippen LogP contribution in [0.4, 0.5) is 13.2 Å². The number of sulfonamides is 1. The molecule has 0 spiro atoms. The Morgan fingerprint density at radius 1 is 1.10 bits per heavy atom. The predicted molar refractivity (Wildman–Crippen MR) is 109 cm³/mol. The van der Waals surface area contributed by atoms with E-state index in [1.54, 1.807) is 0 Å². The van der Waals surface area contributed by atoms with Crippen LogP contribution >= 0.6 is 23.2 Å². The average molecular weight is 499 g/mol. The van der Waals surface area contributed by atoms with Crippen molar-refractivity contribution in [2.24, 2.45) is 0 Å². The average Bonchev–Trinajstić information content (AvgIpc) is 3.13. The van der Waals surface area contributed by atoms with Crippen LogP contribution in [0.15, 0.2) is 29.3 Å². The van der Waals surface area contributed by atoms with Crippen molar-refractivity contribution in [1.29, 1.82) is 0 Å². The smallest absolute Gasteiger partial charge is 0.336 e. The number of amides is 1. The molecule has 0 radical (unpaired) electrons. The fraction of sp³-hybridized carbons (Fsp3) is 0.444. The zero-order chi connectivity index (χ0) is 23.1. The van der Waals surface area contributed by atoms with Gasteiger partial charge < -0.3 is 4.90 Å². The summed E-state index contributed by atoms with van der Waals surface area (Å²) in [6, 6.07) is 3.70. The molecule has 0 bridgehead atoms. The number of alkyl halides is 3. The molecule has 1 aliphatic rings. The lowest BCUT2D eigenvalue weighted by molar-refractivity contribution is -0.145. The highest BCUT2D eigenvalue weighted by molar-refractivity contribution is 7.89. The molecule has 1 saturated heterocycles. The largest absolute Gasteiger partial charge is 0.433 e. The van der Waals surface area contributed by atoms with Gasteiger partial charge in [-0.15, -0.1) is 0 Å². The summed E-state index contributed by atoms with van der Waals surface area (Å²) in [5, 5.41) is 3.65. The maximum atomic E-state index is 13.6. The van der Waals surface area contributed by atoms with Gasteiger partial charge in [-0.05, 0) is 26.0 Å². The Kier molecular flexibility index (Phi) is 6.62. The summed E-state index contributed by atoms with van der Waals surface area (Å²) < 4.78 is 68.4. The van der Waals surface area contributed by atoms with Crippen molar-refractivity contribution in [3.05, 3.63) is 45.7 Å². The van der Waals surface area contributed by atoms with E-state index >= 15 is 0 Å². The van der Waals surface area contributed by atoms with Gasteiger partial charge in [0.2, 0.25) is 10.0 Å². The zero-order valence-corrected chi connectivity index (χ0v) is 18.9. The second-order valence-electron chi connectivity index (χ2n) is 7.19. The van der Waals surface area contributed by atoms with E-state index in [9.17, 15) is 26.4 Å². The molecule has 1 aliphatic heterocycles. The van der Waals surface area contributed by atoms with Crippen molar-refractivity contribution in [2.45, 2.75) is 31.0 Å². The Morgan fingerprint density at radius 2 is 1.65 bits per heavy atom. The number of carbonyl (C=O) groups excluding carboxylic acids is 1. The van der Waals surface area contributed by atoms with Gasteiger partial charge in [0.05, 0.1) is 21.8 Å². The maximum absolute atomic E-state index is 13.6. The van der Waals surface area contributed by atoms with E-state index < -0.39 is 39.4 Å². The van der Waals surface area contributed by atoms with Crippen LogP contribution in [0.3, 0.4) is 0 Å². The van der Waals surface area contributed by atoms with E-state index in [0.29, 0.717) is 0 Å². The molecular weight excluding hydrogens is 480 g/mol. The number of piperazine rings is 1. The van der Waals surface area contributed by atoms with Crippen molar-refractivity contribution in [3.63, 3.8) is 0 Å². The molecule has 0 saturated carbocycles. The Balaban J connectivity index is 1.81. The summed E-state index contributed by atoms with van der Waals surface area (Å²) in [7, 11) is -4.04. The van der Waals surface area contributed by atoms with Gasteiger partial charge in [0.15, 0.2) is 5.69 Å². The lowest BCUT2D eigenvalue weighted by atomic mass is 10.2. The highest BCUT2D eigenvalue weighted by Crippen LogP contribution is 2.35. The predicted octanol–water partition coefficient (Wildman–Crippen LogP) is 3.94. The summed E-state index contributed by atoms with van der Waals surface area (Å²) >= 11 is 12.0. The quantitative estimate of drug-likeness (QED) is 0.639. The maximum Gasteiger partial charge on any atom is 0.433 e. The van der Waals surface area contributed by atoms with Gasteiger partial charge in [-0.3, -0.25) is 9.48 Å². The van der Waals surface area contributed by atoms with Crippen LogP contribution < -0.4 is 0 Å². The molecule has 2 heterocycles. The van der Waals surface area contributed by atoms with Crippen molar-refractivity contribution < 1.29 is 26.4 Å². The SMILES string of the molecule is CC(C)n1ncc(C(=O)N2CCN(S(=O)(=O)c3c(Cl)cccc3Cl)CC2)c1C(F)(F)F. The minimum absolute atomic E-state index is 0.0399. The molecular formula is C18H19Cl2F3N4O3S. The molecule has 170 valence electrons. The first-order chi connectivity index (χ1) is 14.4. The third-order valence-electron chi connectivity index (χ3n) is 4.83. The number of hydrogen-bond donors (Lipinski definition) is 0. The van der Waals surface area contributed by atoms with Gasteiger partial charge in [-0.1, -0.05) is 29.3 Å². The number of benzene rings is 1. The van der Waals surface area contributed by atoms with Crippen molar-refractivity contribution in [3.8, 4) is 0 Å². The monoisotopic (exact) mass is 498 g/mol. The van der Waals surface area contributed by atoms with Crippen LogP contribution in [-0.2, 0) is 16.2 Å².